The highest BCUT2D eigenvalue weighted by molar-refractivity contribution is 5.83. The average molecular weight is 403 g/mol. The van der Waals surface area contributed by atoms with Crippen molar-refractivity contribution >= 4 is 22.6 Å². The number of halogens is 3. The molecule has 3 aromatic rings. The number of nitrogens with zero attached hydrogens (tertiary/aromatic N) is 4. The van der Waals surface area contributed by atoms with Crippen LogP contribution in [0.4, 0.5) is 19.0 Å². The minimum atomic E-state index is -4.49. The predicted molar refractivity (Wildman–Crippen MR) is 102 cm³/mol. The minimum Gasteiger partial charge on any atom is -0.356 e. The van der Waals surface area contributed by atoms with Gasteiger partial charge in [0.1, 0.15) is 24.4 Å². The number of fused-ring (bicyclic) bond motifs is 1. The third kappa shape index (κ3) is 4.33. The largest absolute Gasteiger partial charge is 0.433 e. The molecule has 0 bridgehead atoms. The van der Waals surface area contributed by atoms with E-state index in [2.05, 4.69) is 15.3 Å². The Morgan fingerprint density at radius 2 is 1.90 bits per heavy atom. The highest BCUT2D eigenvalue weighted by Crippen LogP contribution is 2.29. The molecule has 0 atom stereocenters. The van der Waals surface area contributed by atoms with Crippen molar-refractivity contribution in [1.82, 2.24) is 19.9 Å². The number of carbonyl (C=O) groups is 1. The van der Waals surface area contributed by atoms with E-state index in [1.165, 1.54) is 0 Å². The number of piperidine rings is 1. The molecule has 0 aliphatic carbocycles. The van der Waals surface area contributed by atoms with Gasteiger partial charge in [-0.3, -0.25) is 4.79 Å². The number of hydrogen-bond donors (Lipinski definition) is 1. The van der Waals surface area contributed by atoms with E-state index in [9.17, 15) is 18.0 Å². The summed E-state index contributed by atoms with van der Waals surface area (Å²) in [6.07, 6.45) is -0.382. The molecule has 3 heterocycles. The van der Waals surface area contributed by atoms with Crippen LogP contribution in [0.1, 0.15) is 18.5 Å². The summed E-state index contributed by atoms with van der Waals surface area (Å²) in [5.41, 5.74) is 0.0542. The van der Waals surface area contributed by atoms with Crippen LogP contribution < -0.4 is 10.2 Å². The molecule has 4 rings (SSSR count). The summed E-state index contributed by atoms with van der Waals surface area (Å²) in [4.78, 5) is 21.5. The van der Waals surface area contributed by atoms with Crippen LogP contribution in [0.15, 0.2) is 48.9 Å². The molecule has 152 valence electrons. The summed E-state index contributed by atoms with van der Waals surface area (Å²) < 4.78 is 40.4. The van der Waals surface area contributed by atoms with Gasteiger partial charge in [0.05, 0.1) is 0 Å². The van der Waals surface area contributed by atoms with E-state index in [0.717, 1.165) is 23.3 Å². The highest BCUT2D eigenvalue weighted by atomic mass is 19.4. The first kappa shape index (κ1) is 19.2. The number of rotatable bonds is 4. The van der Waals surface area contributed by atoms with E-state index in [-0.39, 0.29) is 24.3 Å². The number of aromatic nitrogens is 3. The monoisotopic (exact) mass is 403 g/mol. The first-order valence-electron chi connectivity index (χ1n) is 9.37. The van der Waals surface area contributed by atoms with Crippen molar-refractivity contribution in [1.29, 1.82) is 0 Å². The van der Waals surface area contributed by atoms with E-state index >= 15 is 0 Å². The Labute approximate surface area is 165 Å². The molecule has 9 heteroatoms. The van der Waals surface area contributed by atoms with Gasteiger partial charge in [-0.05, 0) is 30.4 Å². The maximum Gasteiger partial charge on any atom is 0.433 e. The van der Waals surface area contributed by atoms with Gasteiger partial charge < -0.3 is 14.8 Å². The van der Waals surface area contributed by atoms with Crippen molar-refractivity contribution in [3.8, 4) is 0 Å². The number of carbonyl (C=O) groups excluding carboxylic acids is 1. The second-order valence-corrected chi connectivity index (χ2v) is 7.09. The lowest BCUT2D eigenvalue weighted by atomic mass is 10.0. The fourth-order valence-electron chi connectivity index (χ4n) is 3.63. The van der Waals surface area contributed by atoms with Crippen molar-refractivity contribution in [2.75, 3.05) is 18.0 Å². The lowest BCUT2D eigenvalue weighted by Gasteiger charge is -2.33. The molecule has 1 aliphatic rings. The summed E-state index contributed by atoms with van der Waals surface area (Å²) >= 11 is 0. The molecule has 1 fully saturated rings. The van der Waals surface area contributed by atoms with Crippen LogP contribution in [-0.4, -0.2) is 39.6 Å². The maximum absolute atomic E-state index is 12.8. The fraction of sp³-hybridized carbons (Fsp3) is 0.350. The first-order valence-corrected chi connectivity index (χ1v) is 9.37. The molecule has 2 aromatic heterocycles. The predicted octanol–water partition coefficient (Wildman–Crippen LogP) is 3.24. The third-order valence-electron chi connectivity index (χ3n) is 5.12. The minimum absolute atomic E-state index is 0.00972. The van der Waals surface area contributed by atoms with Gasteiger partial charge >= 0.3 is 6.18 Å². The van der Waals surface area contributed by atoms with Gasteiger partial charge in [-0.15, -0.1) is 0 Å². The molecule has 0 spiro atoms. The molecule has 0 saturated carbocycles. The molecule has 0 radical (unpaired) electrons. The van der Waals surface area contributed by atoms with Crippen molar-refractivity contribution in [2.45, 2.75) is 31.6 Å². The molecule has 6 nitrogen and oxygen atoms in total. The molecule has 1 saturated heterocycles. The summed E-state index contributed by atoms with van der Waals surface area (Å²) in [7, 11) is 0. The topological polar surface area (TPSA) is 63.1 Å². The zero-order valence-corrected chi connectivity index (χ0v) is 15.6. The second-order valence-electron chi connectivity index (χ2n) is 7.09. The van der Waals surface area contributed by atoms with Crippen LogP contribution in [0.2, 0.25) is 0 Å². The standard InChI is InChI=1S/C20H20F3N5O/c21-20(22,23)17-11-18(25-13-24-17)27-9-6-15(7-10-27)26-19(29)12-28-8-5-14-3-1-2-4-16(14)28/h1-5,8,11,13,15H,6-7,9-10,12H2,(H,26,29). The quantitative estimate of drug-likeness (QED) is 0.727. The Kier molecular flexibility index (Phi) is 5.12. The Morgan fingerprint density at radius 1 is 1.14 bits per heavy atom. The number of hydrogen-bond acceptors (Lipinski definition) is 4. The normalized spacial score (nSPS) is 15.6. The number of nitrogens with one attached hydrogen (secondary N) is 1. The molecular weight excluding hydrogens is 383 g/mol. The van der Waals surface area contributed by atoms with Crippen LogP contribution >= 0.6 is 0 Å². The Balaban J connectivity index is 1.32. The third-order valence-corrected chi connectivity index (χ3v) is 5.12. The van der Waals surface area contributed by atoms with E-state index in [4.69, 9.17) is 0 Å². The van der Waals surface area contributed by atoms with Crippen LogP contribution in [0, 0.1) is 0 Å². The highest BCUT2D eigenvalue weighted by Gasteiger charge is 2.33. The molecule has 1 amide bonds. The molecule has 1 N–H and O–H groups in total. The van der Waals surface area contributed by atoms with Gasteiger partial charge in [-0.25, -0.2) is 9.97 Å². The molecular formula is C20H20F3N5O. The second kappa shape index (κ2) is 7.73. The van der Waals surface area contributed by atoms with Crippen LogP contribution in [0.5, 0.6) is 0 Å². The number of amides is 1. The Morgan fingerprint density at radius 3 is 2.66 bits per heavy atom. The van der Waals surface area contributed by atoms with Gasteiger partial charge in [0.25, 0.3) is 0 Å². The Hall–Kier alpha value is -3.10. The zero-order chi connectivity index (χ0) is 20.4. The average Bonchev–Trinajstić information content (AvgIpc) is 3.11. The summed E-state index contributed by atoms with van der Waals surface area (Å²) in [6, 6.07) is 10.8. The summed E-state index contributed by atoms with van der Waals surface area (Å²) in [6.45, 7) is 1.27. The van der Waals surface area contributed by atoms with Gasteiger partial charge in [0, 0.05) is 36.9 Å². The number of anilines is 1. The smallest absolute Gasteiger partial charge is 0.356 e. The maximum atomic E-state index is 12.8. The summed E-state index contributed by atoms with van der Waals surface area (Å²) in [5, 5.41) is 4.11. The van der Waals surface area contributed by atoms with Crippen LogP contribution in [0.25, 0.3) is 10.9 Å². The lowest BCUT2D eigenvalue weighted by Crippen LogP contribution is -2.45. The molecule has 29 heavy (non-hydrogen) atoms. The van der Waals surface area contributed by atoms with Crippen molar-refractivity contribution in [3.63, 3.8) is 0 Å². The number of alkyl halides is 3. The lowest BCUT2D eigenvalue weighted by molar-refractivity contribution is -0.141. The van der Waals surface area contributed by atoms with Crippen molar-refractivity contribution in [3.05, 3.63) is 54.6 Å². The molecule has 0 unspecified atom stereocenters. The number of benzene rings is 1. The van der Waals surface area contributed by atoms with Gasteiger partial charge in [0.15, 0.2) is 0 Å². The van der Waals surface area contributed by atoms with Gasteiger partial charge in [-0.1, -0.05) is 18.2 Å². The number of para-hydroxylation sites is 1. The zero-order valence-electron chi connectivity index (χ0n) is 15.6. The first-order chi connectivity index (χ1) is 13.9. The van der Waals surface area contributed by atoms with Gasteiger partial charge in [-0.2, -0.15) is 13.2 Å². The van der Waals surface area contributed by atoms with E-state index in [1.54, 1.807) is 4.90 Å². The molecule has 1 aliphatic heterocycles. The van der Waals surface area contributed by atoms with Crippen molar-refractivity contribution < 1.29 is 18.0 Å². The SMILES string of the molecule is O=C(Cn1ccc2ccccc21)NC1CCN(c2cc(C(F)(F)F)ncn2)CC1. The fourth-order valence-corrected chi connectivity index (χ4v) is 3.63. The van der Waals surface area contributed by atoms with E-state index in [1.807, 2.05) is 41.1 Å². The van der Waals surface area contributed by atoms with Gasteiger partial charge in [0.2, 0.25) is 5.91 Å². The van der Waals surface area contributed by atoms with E-state index in [0.29, 0.717) is 25.9 Å². The van der Waals surface area contributed by atoms with E-state index < -0.39 is 11.9 Å². The Bertz CT molecular complexity index is 1010. The van der Waals surface area contributed by atoms with Crippen LogP contribution in [0.3, 0.4) is 0 Å². The van der Waals surface area contributed by atoms with Crippen molar-refractivity contribution in [2.24, 2.45) is 0 Å². The van der Waals surface area contributed by atoms with Crippen LogP contribution in [-0.2, 0) is 17.5 Å². The molecule has 1 aromatic carbocycles. The summed E-state index contributed by atoms with van der Waals surface area (Å²) in [5.74, 6) is 0.183.